The number of nitrogens with one attached hydrogen (secondary N) is 1. The van der Waals surface area contributed by atoms with Gasteiger partial charge in [0, 0.05) is 12.6 Å². The first kappa shape index (κ1) is 13.4. The van der Waals surface area contributed by atoms with Crippen LogP contribution in [0.4, 0.5) is 0 Å². The Kier molecular flexibility index (Phi) is 4.66. The number of rotatable bonds is 4. The van der Waals surface area contributed by atoms with Crippen LogP contribution in [-0.2, 0) is 0 Å². The topological polar surface area (TPSA) is 45.5 Å². The number of carbonyl (C=O) groups excluding carboxylic acids is 1. The Balaban J connectivity index is 1.79. The maximum atomic E-state index is 11.8. The summed E-state index contributed by atoms with van der Waals surface area (Å²) in [6.45, 7) is 5.16. The number of likely N-dealkylation sites (tertiary alicyclic amines) is 1. The van der Waals surface area contributed by atoms with Gasteiger partial charge in [0.2, 0.25) is 0 Å². The lowest BCUT2D eigenvalue weighted by Crippen LogP contribution is -2.43. The van der Waals surface area contributed by atoms with Gasteiger partial charge in [-0.2, -0.15) is 0 Å². The van der Waals surface area contributed by atoms with E-state index in [1.807, 2.05) is 6.92 Å². The molecular weight excluding hydrogens is 252 g/mol. The highest BCUT2D eigenvalue weighted by atomic mass is 35.5. The molecular formula is C13H19ClN2O2. The van der Waals surface area contributed by atoms with Crippen molar-refractivity contribution in [3.63, 3.8) is 0 Å². The van der Waals surface area contributed by atoms with Gasteiger partial charge in [-0.25, -0.2) is 0 Å². The third kappa shape index (κ3) is 3.75. The summed E-state index contributed by atoms with van der Waals surface area (Å²) < 4.78 is 5.08. The van der Waals surface area contributed by atoms with Crippen LogP contribution in [0.15, 0.2) is 16.5 Å². The van der Waals surface area contributed by atoms with Crippen molar-refractivity contribution >= 4 is 17.5 Å². The largest absolute Gasteiger partial charge is 0.440 e. The maximum absolute atomic E-state index is 11.8. The van der Waals surface area contributed by atoms with E-state index in [0.29, 0.717) is 0 Å². The predicted molar refractivity (Wildman–Crippen MR) is 70.9 cm³/mol. The van der Waals surface area contributed by atoms with Gasteiger partial charge in [-0.15, -0.1) is 0 Å². The lowest BCUT2D eigenvalue weighted by Gasteiger charge is -2.29. The van der Waals surface area contributed by atoms with Crippen molar-refractivity contribution in [2.24, 2.45) is 0 Å². The summed E-state index contributed by atoms with van der Waals surface area (Å²) in [4.78, 5) is 14.2. The standard InChI is InChI=1S/C13H19ClN2O2/c1-10(9-16-7-3-2-4-8-16)15-13(17)11-5-6-12(14)18-11/h5-6,10H,2-4,7-9H2,1H3,(H,15,17). The molecule has 0 saturated carbocycles. The molecule has 2 rings (SSSR count). The van der Waals surface area contributed by atoms with Gasteiger partial charge < -0.3 is 14.6 Å². The van der Waals surface area contributed by atoms with Gasteiger partial charge in [0.05, 0.1) is 0 Å². The van der Waals surface area contributed by atoms with Gasteiger partial charge >= 0.3 is 0 Å². The molecule has 100 valence electrons. The molecule has 1 N–H and O–H groups in total. The van der Waals surface area contributed by atoms with Crippen molar-refractivity contribution in [3.8, 4) is 0 Å². The van der Waals surface area contributed by atoms with Crippen LogP contribution in [0.5, 0.6) is 0 Å². The molecule has 0 spiro atoms. The Hall–Kier alpha value is -1.00. The van der Waals surface area contributed by atoms with E-state index in [4.69, 9.17) is 16.0 Å². The van der Waals surface area contributed by atoms with Crippen molar-refractivity contribution in [2.45, 2.75) is 32.2 Å². The molecule has 1 fully saturated rings. The number of amides is 1. The molecule has 1 aromatic rings. The molecule has 0 aromatic carbocycles. The smallest absolute Gasteiger partial charge is 0.287 e. The van der Waals surface area contributed by atoms with Crippen LogP contribution in [0.1, 0.15) is 36.7 Å². The quantitative estimate of drug-likeness (QED) is 0.915. The van der Waals surface area contributed by atoms with E-state index in [1.165, 1.54) is 19.3 Å². The molecule has 18 heavy (non-hydrogen) atoms. The number of piperidine rings is 1. The fourth-order valence-corrected chi connectivity index (χ4v) is 2.45. The monoisotopic (exact) mass is 270 g/mol. The Morgan fingerprint density at radius 3 is 2.78 bits per heavy atom. The number of halogens is 1. The van der Waals surface area contributed by atoms with Gasteiger partial charge in [-0.05, 0) is 56.6 Å². The molecule has 5 heteroatoms. The second-order valence-electron chi connectivity index (χ2n) is 4.84. The molecule has 1 aliphatic rings. The Bertz CT molecular complexity index is 399. The van der Waals surface area contributed by atoms with Gasteiger partial charge in [-0.3, -0.25) is 4.79 Å². The zero-order chi connectivity index (χ0) is 13.0. The summed E-state index contributed by atoms with van der Waals surface area (Å²) in [7, 11) is 0. The number of furan rings is 1. The molecule has 1 aliphatic heterocycles. The SMILES string of the molecule is CC(CN1CCCCC1)NC(=O)c1ccc(Cl)o1. The number of hydrogen-bond donors (Lipinski definition) is 1. The average Bonchev–Trinajstić information content (AvgIpc) is 2.77. The molecule has 1 saturated heterocycles. The van der Waals surface area contributed by atoms with Crippen LogP contribution < -0.4 is 5.32 Å². The summed E-state index contributed by atoms with van der Waals surface area (Å²) in [5, 5.41) is 3.16. The third-order valence-electron chi connectivity index (χ3n) is 3.16. The Morgan fingerprint density at radius 1 is 1.44 bits per heavy atom. The fraction of sp³-hybridized carbons (Fsp3) is 0.615. The first-order valence-electron chi connectivity index (χ1n) is 6.43. The zero-order valence-corrected chi connectivity index (χ0v) is 11.4. The molecule has 2 heterocycles. The lowest BCUT2D eigenvalue weighted by atomic mass is 10.1. The molecule has 0 bridgehead atoms. The summed E-state index contributed by atoms with van der Waals surface area (Å²) >= 11 is 5.64. The molecule has 1 atom stereocenters. The number of carbonyl (C=O) groups is 1. The molecule has 1 aromatic heterocycles. The van der Waals surface area contributed by atoms with E-state index in [-0.39, 0.29) is 22.9 Å². The highest BCUT2D eigenvalue weighted by Gasteiger charge is 2.17. The van der Waals surface area contributed by atoms with Crippen LogP contribution >= 0.6 is 11.6 Å². The van der Waals surface area contributed by atoms with E-state index < -0.39 is 0 Å². The van der Waals surface area contributed by atoms with Crippen LogP contribution in [0, 0.1) is 0 Å². The first-order chi connectivity index (χ1) is 8.65. The van der Waals surface area contributed by atoms with Gasteiger partial charge in [-0.1, -0.05) is 6.42 Å². The van der Waals surface area contributed by atoms with Crippen LogP contribution in [-0.4, -0.2) is 36.5 Å². The summed E-state index contributed by atoms with van der Waals surface area (Å²) in [5.74, 6) is 0.0666. The van der Waals surface area contributed by atoms with Crippen LogP contribution in [0.2, 0.25) is 5.22 Å². The summed E-state index contributed by atoms with van der Waals surface area (Å²) in [5.41, 5.74) is 0. The van der Waals surface area contributed by atoms with Crippen molar-refractivity contribution < 1.29 is 9.21 Å². The molecule has 0 radical (unpaired) electrons. The Labute approximate surface area is 112 Å². The summed E-state index contributed by atoms with van der Waals surface area (Å²) in [6.07, 6.45) is 3.84. The van der Waals surface area contributed by atoms with Crippen molar-refractivity contribution in [1.82, 2.24) is 10.2 Å². The fourth-order valence-electron chi connectivity index (χ4n) is 2.31. The predicted octanol–water partition coefficient (Wildman–Crippen LogP) is 2.54. The minimum atomic E-state index is -0.202. The third-order valence-corrected chi connectivity index (χ3v) is 3.36. The zero-order valence-electron chi connectivity index (χ0n) is 10.6. The summed E-state index contributed by atoms with van der Waals surface area (Å²) in [6, 6.07) is 3.27. The Morgan fingerprint density at radius 2 is 2.17 bits per heavy atom. The van der Waals surface area contributed by atoms with E-state index in [0.717, 1.165) is 19.6 Å². The van der Waals surface area contributed by atoms with Gasteiger partial charge in [0.1, 0.15) is 0 Å². The second-order valence-corrected chi connectivity index (χ2v) is 5.21. The lowest BCUT2D eigenvalue weighted by molar-refractivity contribution is 0.0898. The minimum absolute atomic E-state index is 0.111. The first-order valence-corrected chi connectivity index (χ1v) is 6.81. The van der Waals surface area contributed by atoms with E-state index in [2.05, 4.69) is 10.2 Å². The molecule has 4 nitrogen and oxygen atoms in total. The van der Waals surface area contributed by atoms with E-state index in [9.17, 15) is 4.79 Å². The van der Waals surface area contributed by atoms with Crippen molar-refractivity contribution in [3.05, 3.63) is 23.1 Å². The van der Waals surface area contributed by atoms with Gasteiger partial charge in [0.25, 0.3) is 5.91 Å². The minimum Gasteiger partial charge on any atom is -0.440 e. The number of nitrogens with zero attached hydrogens (tertiary/aromatic N) is 1. The van der Waals surface area contributed by atoms with E-state index in [1.54, 1.807) is 12.1 Å². The average molecular weight is 271 g/mol. The normalized spacial score (nSPS) is 18.6. The molecule has 1 amide bonds. The van der Waals surface area contributed by atoms with Crippen molar-refractivity contribution in [1.29, 1.82) is 0 Å². The number of hydrogen-bond acceptors (Lipinski definition) is 3. The van der Waals surface area contributed by atoms with Gasteiger partial charge in [0.15, 0.2) is 11.0 Å². The highest BCUT2D eigenvalue weighted by molar-refractivity contribution is 6.29. The van der Waals surface area contributed by atoms with Crippen molar-refractivity contribution in [2.75, 3.05) is 19.6 Å². The highest BCUT2D eigenvalue weighted by Crippen LogP contribution is 2.13. The van der Waals surface area contributed by atoms with E-state index >= 15 is 0 Å². The second kappa shape index (κ2) is 6.25. The van der Waals surface area contributed by atoms with Crippen LogP contribution in [0.3, 0.4) is 0 Å². The maximum Gasteiger partial charge on any atom is 0.287 e. The molecule has 1 unspecified atom stereocenters. The van der Waals surface area contributed by atoms with Crippen LogP contribution in [0.25, 0.3) is 0 Å². The molecule has 0 aliphatic carbocycles.